The Morgan fingerprint density at radius 2 is 2.00 bits per heavy atom. The molecule has 1 atom stereocenters. The molecule has 78 valence electrons. The molecule has 0 unspecified atom stereocenters. The van der Waals surface area contributed by atoms with E-state index in [0.717, 1.165) is 0 Å². The first-order valence-corrected chi connectivity index (χ1v) is 5.12. The van der Waals surface area contributed by atoms with Gasteiger partial charge in [-0.15, -0.1) is 0 Å². The largest absolute Gasteiger partial charge is 0.490 e. The Bertz CT molecular complexity index is 288. The third-order valence-electron chi connectivity index (χ3n) is 2.12. The lowest BCUT2D eigenvalue weighted by molar-refractivity contribution is 0.260. The monoisotopic (exact) mass is 213 g/mol. The standard InChI is InChI=1S/C11H16ClNO/c1-8(2)10(13)7-14-11-6-4-3-5-9(11)12/h3-6,8,10H,7,13H2,1-2H3/t10-/m1/s1. The average molecular weight is 214 g/mol. The van der Waals surface area contributed by atoms with Crippen LogP contribution in [0.4, 0.5) is 0 Å². The van der Waals surface area contributed by atoms with Crippen LogP contribution in [0.3, 0.4) is 0 Å². The van der Waals surface area contributed by atoms with E-state index < -0.39 is 0 Å². The van der Waals surface area contributed by atoms with E-state index in [-0.39, 0.29) is 6.04 Å². The number of hydrogen-bond donors (Lipinski definition) is 1. The fourth-order valence-electron chi connectivity index (χ4n) is 0.940. The van der Waals surface area contributed by atoms with Gasteiger partial charge in [0.2, 0.25) is 0 Å². The molecule has 1 rings (SSSR count). The zero-order chi connectivity index (χ0) is 10.6. The minimum Gasteiger partial charge on any atom is -0.490 e. The van der Waals surface area contributed by atoms with Crippen LogP contribution in [0.5, 0.6) is 5.75 Å². The summed E-state index contributed by atoms with van der Waals surface area (Å²) in [5.41, 5.74) is 5.85. The van der Waals surface area contributed by atoms with Crippen LogP contribution < -0.4 is 10.5 Å². The molecule has 0 aliphatic rings. The molecule has 0 saturated heterocycles. The van der Waals surface area contributed by atoms with Gasteiger partial charge < -0.3 is 10.5 Å². The van der Waals surface area contributed by atoms with E-state index in [1.165, 1.54) is 0 Å². The summed E-state index contributed by atoms with van der Waals surface area (Å²) in [6.45, 7) is 4.64. The summed E-state index contributed by atoms with van der Waals surface area (Å²) in [7, 11) is 0. The number of nitrogens with two attached hydrogens (primary N) is 1. The van der Waals surface area contributed by atoms with Crippen molar-refractivity contribution < 1.29 is 4.74 Å². The van der Waals surface area contributed by atoms with Crippen LogP contribution in [0, 0.1) is 5.92 Å². The van der Waals surface area contributed by atoms with Crippen LogP contribution in [0.1, 0.15) is 13.8 Å². The summed E-state index contributed by atoms with van der Waals surface area (Å²) in [5, 5.41) is 0.628. The average Bonchev–Trinajstić information content (AvgIpc) is 2.16. The van der Waals surface area contributed by atoms with Gasteiger partial charge in [-0.2, -0.15) is 0 Å². The molecule has 14 heavy (non-hydrogen) atoms. The molecule has 3 heteroatoms. The number of rotatable bonds is 4. The fourth-order valence-corrected chi connectivity index (χ4v) is 1.13. The first kappa shape index (κ1) is 11.3. The van der Waals surface area contributed by atoms with Gasteiger partial charge in [0.25, 0.3) is 0 Å². The quantitative estimate of drug-likeness (QED) is 0.835. The number of hydrogen-bond acceptors (Lipinski definition) is 2. The third-order valence-corrected chi connectivity index (χ3v) is 2.44. The molecule has 0 aliphatic heterocycles. The number of ether oxygens (including phenoxy) is 1. The zero-order valence-electron chi connectivity index (χ0n) is 8.53. The van der Waals surface area contributed by atoms with Crippen molar-refractivity contribution in [3.05, 3.63) is 29.3 Å². The van der Waals surface area contributed by atoms with Crippen molar-refractivity contribution in [3.63, 3.8) is 0 Å². The second-order valence-electron chi connectivity index (χ2n) is 3.65. The van der Waals surface area contributed by atoms with Crippen LogP contribution >= 0.6 is 11.6 Å². The van der Waals surface area contributed by atoms with Gasteiger partial charge >= 0.3 is 0 Å². The van der Waals surface area contributed by atoms with E-state index in [4.69, 9.17) is 22.1 Å². The number of para-hydroxylation sites is 1. The summed E-state index contributed by atoms with van der Waals surface area (Å²) in [6, 6.07) is 7.46. The first-order chi connectivity index (χ1) is 6.61. The van der Waals surface area contributed by atoms with E-state index in [1.807, 2.05) is 18.2 Å². The van der Waals surface area contributed by atoms with Gasteiger partial charge in [0, 0.05) is 6.04 Å². The topological polar surface area (TPSA) is 35.2 Å². The van der Waals surface area contributed by atoms with E-state index in [1.54, 1.807) is 6.07 Å². The maximum Gasteiger partial charge on any atom is 0.137 e. The minimum absolute atomic E-state index is 0.0475. The molecule has 2 nitrogen and oxygen atoms in total. The molecule has 0 aromatic heterocycles. The molecule has 0 aliphatic carbocycles. The second kappa shape index (κ2) is 5.23. The molecule has 0 heterocycles. The van der Waals surface area contributed by atoms with Gasteiger partial charge in [-0.05, 0) is 18.1 Å². The molecule has 0 radical (unpaired) electrons. The van der Waals surface area contributed by atoms with Gasteiger partial charge in [-0.1, -0.05) is 37.6 Å². The molecule has 0 fully saturated rings. The molecule has 1 aromatic carbocycles. The third kappa shape index (κ3) is 3.20. The second-order valence-corrected chi connectivity index (χ2v) is 4.06. The minimum atomic E-state index is 0.0475. The van der Waals surface area contributed by atoms with Crippen LogP contribution in [0.15, 0.2) is 24.3 Å². The van der Waals surface area contributed by atoms with Gasteiger partial charge in [0.05, 0.1) is 5.02 Å². The van der Waals surface area contributed by atoms with Gasteiger partial charge in [-0.25, -0.2) is 0 Å². The van der Waals surface area contributed by atoms with Crippen molar-refractivity contribution in [1.29, 1.82) is 0 Å². The highest BCUT2D eigenvalue weighted by atomic mass is 35.5. The maximum absolute atomic E-state index is 5.92. The molecule has 0 amide bonds. The lowest BCUT2D eigenvalue weighted by Gasteiger charge is -2.16. The van der Waals surface area contributed by atoms with E-state index in [0.29, 0.717) is 23.3 Å². The Morgan fingerprint density at radius 1 is 1.36 bits per heavy atom. The highest BCUT2D eigenvalue weighted by Gasteiger charge is 2.09. The number of benzene rings is 1. The predicted octanol–water partition coefficient (Wildman–Crippen LogP) is 2.70. The van der Waals surface area contributed by atoms with E-state index in [2.05, 4.69) is 13.8 Å². The Hall–Kier alpha value is -0.730. The zero-order valence-corrected chi connectivity index (χ0v) is 9.29. The van der Waals surface area contributed by atoms with Gasteiger partial charge in [-0.3, -0.25) is 0 Å². The fraction of sp³-hybridized carbons (Fsp3) is 0.455. The van der Waals surface area contributed by atoms with Crippen molar-refractivity contribution in [1.82, 2.24) is 0 Å². The lowest BCUT2D eigenvalue weighted by Crippen LogP contribution is -2.33. The molecule has 0 spiro atoms. The normalized spacial score (nSPS) is 12.9. The summed E-state index contributed by atoms with van der Waals surface area (Å²) < 4.78 is 5.50. The molecule has 0 saturated carbocycles. The summed E-state index contributed by atoms with van der Waals surface area (Å²) in [6.07, 6.45) is 0. The van der Waals surface area contributed by atoms with Crippen LogP contribution in [-0.2, 0) is 0 Å². The highest BCUT2D eigenvalue weighted by Crippen LogP contribution is 2.23. The van der Waals surface area contributed by atoms with Crippen LogP contribution in [0.2, 0.25) is 5.02 Å². The summed E-state index contributed by atoms with van der Waals surface area (Å²) in [4.78, 5) is 0. The van der Waals surface area contributed by atoms with E-state index in [9.17, 15) is 0 Å². The number of halogens is 1. The Labute approximate surface area is 90.0 Å². The van der Waals surface area contributed by atoms with E-state index >= 15 is 0 Å². The van der Waals surface area contributed by atoms with Crippen molar-refractivity contribution in [2.24, 2.45) is 11.7 Å². The Kier molecular flexibility index (Phi) is 4.23. The lowest BCUT2D eigenvalue weighted by atomic mass is 10.1. The first-order valence-electron chi connectivity index (χ1n) is 4.74. The molecule has 1 aromatic rings. The molecular formula is C11H16ClNO. The Morgan fingerprint density at radius 3 is 2.57 bits per heavy atom. The molecule has 2 N–H and O–H groups in total. The SMILES string of the molecule is CC(C)[C@H](N)COc1ccccc1Cl. The van der Waals surface area contributed by atoms with Crippen molar-refractivity contribution in [2.45, 2.75) is 19.9 Å². The summed E-state index contributed by atoms with van der Waals surface area (Å²) >= 11 is 5.92. The predicted molar refractivity (Wildman–Crippen MR) is 59.8 cm³/mol. The molecular weight excluding hydrogens is 198 g/mol. The van der Waals surface area contributed by atoms with Crippen LogP contribution in [-0.4, -0.2) is 12.6 Å². The Balaban J connectivity index is 2.50. The maximum atomic E-state index is 5.92. The van der Waals surface area contributed by atoms with Gasteiger partial charge in [0.15, 0.2) is 0 Å². The summed E-state index contributed by atoms with van der Waals surface area (Å²) in [5.74, 6) is 1.11. The van der Waals surface area contributed by atoms with Crippen LogP contribution in [0.25, 0.3) is 0 Å². The highest BCUT2D eigenvalue weighted by molar-refractivity contribution is 6.32. The van der Waals surface area contributed by atoms with Gasteiger partial charge in [0.1, 0.15) is 12.4 Å². The van der Waals surface area contributed by atoms with Crippen molar-refractivity contribution in [3.8, 4) is 5.75 Å². The molecule has 0 bridgehead atoms. The smallest absolute Gasteiger partial charge is 0.137 e. The van der Waals surface area contributed by atoms with Crippen molar-refractivity contribution >= 4 is 11.6 Å². The van der Waals surface area contributed by atoms with Crippen molar-refractivity contribution in [2.75, 3.05) is 6.61 Å².